The van der Waals surface area contributed by atoms with Crippen LogP contribution in [-0.4, -0.2) is 29.5 Å². The van der Waals surface area contributed by atoms with Crippen molar-refractivity contribution in [3.63, 3.8) is 0 Å². The van der Waals surface area contributed by atoms with Gasteiger partial charge in [0.15, 0.2) is 0 Å². The molecule has 0 saturated carbocycles. The molecule has 2 N–H and O–H groups in total. The second-order valence-corrected chi connectivity index (χ2v) is 5.19. The molecule has 0 fully saturated rings. The van der Waals surface area contributed by atoms with E-state index in [1.807, 2.05) is 19.1 Å². The van der Waals surface area contributed by atoms with E-state index in [4.69, 9.17) is 0 Å². The van der Waals surface area contributed by atoms with E-state index in [-0.39, 0.29) is 18.1 Å². The molecule has 0 saturated heterocycles. The van der Waals surface area contributed by atoms with Crippen molar-refractivity contribution in [2.24, 2.45) is 5.10 Å². The average molecular weight is 340 g/mol. The Hall–Kier alpha value is -3.55. The van der Waals surface area contributed by atoms with Crippen LogP contribution in [0.1, 0.15) is 21.5 Å². The van der Waals surface area contributed by atoms with Crippen LogP contribution in [0.3, 0.4) is 0 Å². The van der Waals surface area contributed by atoms with E-state index in [0.717, 1.165) is 5.56 Å². The van der Waals surface area contributed by atoms with Gasteiger partial charge in [0.05, 0.1) is 17.7 Å². The van der Waals surface area contributed by atoms with Gasteiger partial charge in [-0.3, -0.25) is 19.7 Å². The molecule has 0 atom stereocenters. The van der Waals surface area contributed by atoms with Crippen LogP contribution in [0.15, 0.2) is 53.6 Å². The summed E-state index contributed by atoms with van der Waals surface area (Å²) in [7, 11) is 0. The highest BCUT2D eigenvalue weighted by molar-refractivity contribution is 5.96. The van der Waals surface area contributed by atoms with Crippen LogP contribution in [0, 0.1) is 17.0 Å². The maximum Gasteiger partial charge on any atom is 0.269 e. The van der Waals surface area contributed by atoms with Crippen LogP contribution < -0.4 is 10.7 Å². The van der Waals surface area contributed by atoms with Crippen LogP contribution in [0.5, 0.6) is 0 Å². The molecular weight excluding hydrogens is 324 g/mol. The molecule has 25 heavy (non-hydrogen) atoms. The Kier molecular flexibility index (Phi) is 5.94. The Labute approximate surface area is 143 Å². The summed E-state index contributed by atoms with van der Waals surface area (Å²) in [5, 5.41) is 16.8. The fraction of sp³-hybridized carbons (Fsp3) is 0.118. The van der Waals surface area contributed by atoms with Crippen LogP contribution in [0.4, 0.5) is 5.69 Å². The smallest absolute Gasteiger partial charge is 0.269 e. The van der Waals surface area contributed by atoms with Gasteiger partial charge in [-0.1, -0.05) is 17.7 Å². The predicted molar refractivity (Wildman–Crippen MR) is 92.3 cm³/mol. The Bertz CT molecular complexity index is 798. The minimum absolute atomic E-state index is 0.0278. The fourth-order valence-corrected chi connectivity index (χ4v) is 1.87. The highest BCUT2D eigenvalue weighted by Crippen LogP contribution is 2.10. The summed E-state index contributed by atoms with van der Waals surface area (Å²) in [6.07, 6.45) is 1.35. The Morgan fingerprint density at radius 1 is 1.12 bits per heavy atom. The lowest BCUT2D eigenvalue weighted by molar-refractivity contribution is -0.384. The molecule has 0 spiro atoms. The molecule has 128 valence electrons. The molecule has 0 aliphatic carbocycles. The maximum atomic E-state index is 11.9. The number of nitro groups is 1. The molecule has 2 amide bonds. The number of amides is 2. The first kappa shape index (κ1) is 17.8. The quantitative estimate of drug-likeness (QED) is 0.474. The summed E-state index contributed by atoms with van der Waals surface area (Å²) >= 11 is 0. The lowest BCUT2D eigenvalue weighted by atomic mass is 10.1. The van der Waals surface area contributed by atoms with Crippen molar-refractivity contribution in [1.82, 2.24) is 10.7 Å². The van der Waals surface area contributed by atoms with Gasteiger partial charge in [-0.25, -0.2) is 5.43 Å². The average Bonchev–Trinajstić information content (AvgIpc) is 2.60. The molecule has 0 unspecified atom stereocenters. The zero-order valence-corrected chi connectivity index (χ0v) is 13.4. The number of nitrogens with zero attached hydrogens (tertiary/aromatic N) is 2. The highest BCUT2D eigenvalue weighted by atomic mass is 16.6. The van der Waals surface area contributed by atoms with Crippen molar-refractivity contribution >= 4 is 23.7 Å². The second kappa shape index (κ2) is 8.34. The largest absolute Gasteiger partial charge is 0.343 e. The summed E-state index contributed by atoms with van der Waals surface area (Å²) < 4.78 is 0. The number of nitrogens with one attached hydrogen (secondary N) is 2. The van der Waals surface area contributed by atoms with Crippen LogP contribution in [0.2, 0.25) is 0 Å². The molecule has 2 rings (SSSR count). The van der Waals surface area contributed by atoms with E-state index in [9.17, 15) is 19.7 Å². The Balaban J connectivity index is 1.79. The minimum Gasteiger partial charge on any atom is -0.343 e. The molecule has 0 aliphatic heterocycles. The number of hydrogen-bond donors (Lipinski definition) is 2. The van der Waals surface area contributed by atoms with Gasteiger partial charge in [-0.05, 0) is 36.8 Å². The van der Waals surface area contributed by atoms with Crippen molar-refractivity contribution in [2.45, 2.75) is 6.92 Å². The standard InChI is InChI=1S/C17H16N4O4/c1-12-2-6-14(7-3-12)17(23)18-11-16(22)20-19-10-13-4-8-15(9-5-13)21(24)25/h2-10H,11H2,1H3,(H,18,23)(H,20,22)/b19-10+. The first-order chi connectivity index (χ1) is 12.0. The molecule has 2 aromatic carbocycles. The summed E-state index contributed by atoms with van der Waals surface area (Å²) in [5.74, 6) is -0.840. The molecule has 0 bridgehead atoms. The topological polar surface area (TPSA) is 114 Å². The van der Waals surface area contributed by atoms with Crippen LogP contribution >= 0.6 is 0 Å². The Morgan fingerprint density at radius 3 is 2.36 bits per heavy atom. The van der Waals surface area contributed by atoms with Gasteiger partial charge in [0.25, 0.3) is 17.5 Å². The number of nitro benzene ring substituents is 1. The van der Waals surface area contributed by atoms with Crippen molar-refractivity contribution in [1.29, 1.82) is 0 Å². The van der Waals surface area contributed by atoms with E-state index in [1.165, 1.54) is 30.5 Å². The van der Waals surface area contributed by atoms with Gasteiger partial charge in [0.2, 0.25) is 0 Å². The third kappa shape index (κ3) is 5.54. The summed E-state index contributed by atoms with van der Waals surface area (Å²) in [6, 6.07) is 12.7. The third-order valence-electron chi connectivity index (χ3n) is 3.23. The summed E-state index contributed by atoms with van der Waals surface area (Å²) in [6.45, 7) is 1.70. The molecule has 0 aliphatic rings. The van der Waals surface area contributed by atoms with Gasteiger partial charge >= 0.3 is 0 Å². The maximum absolute atomic E-state index is 11.9. The third-order valence-corrected chi connectivity index (χ3v) is 3.23. The zero-order chi connectivity index (χ0) is 18.2. The molecule has 0 radical (unpaired) electrons. The van der Waals surface area contributed by atoms with Gasteiger partial charge in [0, 0.05) is 17.7 Å². The SMILES string of the molecule is Cc1ccc(C(=O)NCC(=O)N/N=C/c2ccc([N+](=O)[O-])cc2)cc1. The lowest BCUT2D eigenvalue weighted by Gasteiger charge is -2.04. The monoisotopic (exact) mass is 340 g/mol. The number of aryl methyl sites for hydroxylation is 1. The van der Waals surface area contributed by atoms with Gasteiger partial charge in [-0.2, -0.15) is 5.10 Å². The molecule has 0 heterocycles. The summed E-state index contributed by atoms with van der Waals surface area (Å²) in [4.78, 5) is 33.5. The van der Waals surface area contributed by atoms with Crippen LogP contribution in [0.25, 0.3) is 0 Å². The van der Waals surface area contributed by atoms with Crippen molar-refractivity contribution in [3.8, 4) is 0 Å². The highest BCUT2D eigenvalue weighted by Gasteiger charge is 2.07. The molecule has 8 nitrogen and oxygen atoms in total. The zero-order valence-electron chi connectivity index (χ0n) is 13.4. The number of carbonyl (C=O) groups is 2. The first-order valence-electron chi connectivity index (χ1n) is 7.37. The van der Waals surface area contributed by atoms with Gasteiger partial charge in [-0.15, -0.1) is 0 Å². The molecular formula is C17H16N4O4. The number of benzene rings is 2. The normalized spacial score (nSPS) is 10.4. The predicted octanol–water partition coefficient (Wildman–Crippen LogP) is 1.78. The van der Waals surface area contributed by atoms with E-state index >= 15 is 0 Å². The van der Waals surface area contributed by atoms with Gasteiger partial charge in [0.1, 0.15) is 0 Å². The number of carbonyl (C=O) groups excluding carboxylic acids is 2. The first-order valence-corrected chi connectivity index (χ1v) is 7.37. The molecule has 2 aromatic rings. The Morgan fingerprint density at radius 2 is 1.76 bits per heavy atom. The second-order valence-electron chi connectivity index (χ2n) is 5.19. The van der Waals surface area contributed by atoms with E-state index < -0.39 is 10.8 Å². The van der Waals surface area contributed by atoms with E-state index in [1.54, 1.807) is 12.1 Å². The van der Waals surface area contributed by atoms with Crippen molar-refractivity contribution in [2.75, 3.05) is 6.54 Å². The number of hydrogen-bond acceptors (Lipinski definition) is 5. The fourth-order valence-electron chi connectivity index (χ4n) is 1.87. The van der Waals surface area contributed by atoms with Gasteiger partial charge < -0.3 is 5.32 Å². The molecule has 8 heteroatoms. The van der Waals surface area contributed by atoms with Crippen LogP contribution in [-0.2, 0) is 4.79 Å². The van der Waals surface area contributed by atoms with E-state index in [0.29, 0.717) is 11.1 Å². The lowest BCUT2D eigenvalue weighted by Crippen LogP contribution is -2.34. The van der Waals surface area contributed by atoms with Crippen molar-refractivity contribution in [3.05, 3.63) is 75.3 Å². The van der Waals surface area contributed by atoms with E-state index in [2.05, 4.69) is 15.8 Å². The number of non-ortho nitro benzene ring substituents is 1. The summed E-state index contributed by atoms with van der Waals surface area (Å²) in [5.41, 5.74) is 4.33. The number of rotatable bonds is 6. The number of hydrazone groups is 1. The minimum atomic E-state index is -0.501. The van der Waals surface area contributed by atoms with Crippen molar-refractivity contribution < 1.29 is 14.5 Å². The molecule has 0 aromatic heterocycles.